The van der Waals surface area contributed by atoms with Gasteiger partial charge in [-0.25, -0.2) is 9.97 Å². The second kappa shape index (κ2) is 9.26. The van der Waals surface area contributed by atoms with Crippen LogP contribution in [0.4, 0.5) is 17.3 Å². The molecule has 166 valence electrons. The highest BCUT2D eigenvalue weighted by Crippen LogP contribution is 2.28. The topological polar surface area (TPSA) is 81.6 Å². The monoisotopic (exact) mass is 439 g/mol. The molecule has 1 aliphatic heterocycles. The standard InChI is InChI=1S/C26H25N5O2/c32-18-24(33)31-15-13-30(14-16-31)22-11-9-21(10-12-22)28-26-27-17-20-7-4-8-23(25(20)29-26)19-5-2-1-3-6-19/h1-12,17,32H,13-16,18H2,(H,27,28,29). The summed E-state index contributed by atoms with van der Waals surface area (Å²) in [5, 5.41) is 13.3. The summed E-state index contributed by atoms with van der Waals surface area (Å²) in [7, 11) is 0. The Hall–Kier alpha value is -3.97. The molecule has 33 heavy (non-hydrogen) atoms. The van der Waals surface area contributed by atoms with Crippen molar-refractivity contribution in [2.75, 3.05) is 43.0 Å². The number of hydrogen-bond acceptors (Lipinski definition) is 6. The number of hydrogen-bond donors (Lipinski definition) is 2. The third-order valence-electron chi connectivity index (χ3n) is 5.95. The molecule has 0 atom stereocenters. The molecule has 5 rings (SSSR count). The van der Waals surface area contributed by atoms with Crippen LogP contribution in [0, 0.1) is 0 Å². The molecule has 2 heterocycles. The molecule has 1 fully saturated rings. The quantitative estimate of drug-likeness (QED) is 0.494. The van der Waals surface area contributed by atoms with Crippen LogP contribution in [0.5, 0.6) is 0 Å². The van der Waals surface area contributed by atoms with Crippen molar-refractivity contribution in [1.82, 2.24) is 14.9 Å². The van der Waals surface area contributed by atoms with E-state index in [0.29, 0.717) is 19.0 Å². The van der Waals surface area contributed by atoms with E-state index in [2.05, 4.69) is 45.5 Å². The van der Waals surface area contributed by atoms with Gasteiger partial charge in [0.2, 0.25) is 11.9 Å². The molecular weight excluding hydrogens is 414 g/mol. The number of carbonyl (C=O) groups excluding carboxylic acids is 1. The number of anilines is 3. The van der Waals surface area contributed by atoms with Crippen LogP contribution in [0.1, 0.15) is 0 Å². The van der Waals surface area contributed by atoms with Gasteiger partial charge in [0, 0.05) is 54.7 Å². The lowest BCUT2D eigenvalue weighted by Crippen LogP contribution is -2.49. The molecule has 1 aromatic heterocycles. The van der Waals surface area contributed by atoms with Crippen molar-refractivity contribution < 1.29 is 9.90 Å². The van der Waals surface area contributed by atoms with Crippen molar-refractivity contribution >= 4 is 34.1 Å². The lowest BCUT2D eigenvalue weighted by molar-refractivity contribution is -0.134. The smallest absolute Gasteiger partial charge is 0.248 e. The SMILES string of the molecule is O=C(CO)N1CCN(c2ccc(Nc3ncc4cccc(-c5ccccc5)c4n3)cc2)CC1. The second-order valence-corrected chi connectivity index (χ2v) is 8.00. The van der Waals surface area contributed by atoms with Crippen molar-refractivity contribution in [2.24, 2.45) is 0 Å². The molecule has 0 unspecified atom stereocenters. The maximum Gasteiger partial charge on any atom is 0.248 e. The predicted octanol–water partition coefficient (Wildman–Crippen LogP) is 3.68. The van der Waals surface area contributed by atoms with Gasteiger partial charge in [-0.15, -0.1) is 0 Å². The van der Waals surface area contributed by atoms with Crippen LogP contribution >= 0.6 is 0 Å². The zero-order valence-electron chi connectivity index (χ0n) is 18.2. The van der Waals surface area contributed by atoms with Gasteiger partial charge in [-0.05, 0) is 29.8 Å². The molecular formula is C26H25N5O2. The summed E-state index contributed by atoms with van der Waals surface area (Å²) in [6.07, 6.45) is 1.85. The van der Waals surface area contributed by atoms with E-state index in [0.717, 1.165) is 46.5 Å². The summed E-state index contributed by atoms with van der Waals surface area (Å²) in [6.45, 7) is 2.30. The molecule has 0 spiro atoms. The molecule has 0 bridgehead atoms. The van der Waals surface area contributed by atoms with Gasteiger partial charge in [-0.3, -0.25) is 4.79 Å². The number of aromatic nitrogens is 2. The number of para-hydroxylation sites is 1. The van der Waals surface area contributed by atoms with Crippen molar-refractivity contribution in [3.05, 3.63) is 79.0 Å². The van der Waals surface area contributed by atoms with Gasteiger partial charge in [-0.1, -0.05) is 48.5 Å². The van der Waals surface area contributed by atoms with Crippen LogP contribution in [-0.2, 0) is 4.79 Å². The van der Waals surface area contributed by atoms with Gasteiger partial charge >= 0.3 is 0 Å². The Kier molecular flexibility index (Phi) is 5.87. The maximum absolute atomic E-state index is 11.6. The Morgan fingerprint density at radius 3 is 2.39 bits per heavy atom. The summed E-state index contributed by atoms with van der Waals surface area (Å²) in [5.74, 6) is 0.342. The number of carbonyl (C=O) groups is 1. The minimum atomic E-state index is -0.427. The van der Waals surface area contributed by atoms with E-state index in [1.807, 2.05) is 48.7 Å². The number of piperazine rings is 1. The number of aliphatic hydroxyl groups excluding tert-OH is 1. The van der Waals surface area contributed by atoms with E-state index in [9.17, 15) is 4.79 Å². The first-order chi connectivity index (χ1) is 16.2. The molecule has 4 aromatic rings. The number of nitrogens with zero attached hydrogens (tertiary/aromatic N) is 4. The zero-order chi connectivity index (χ0) is 22.6. The number of fused-ring (bicyclic) bond motifs is 1. The minimum Gasteiger partial charge on any atom is -0.387 e. The highest BCUT2D eigenvalue weighted by atomic mass is 16.3. The van der Waals surface area contributed by atoms with Crippen LogP contribution in [0.25, 0.3) is 22.0 Å². The minimum absolute atomic E-state index is 0.208. The van der Waals surface area contributed by atoms with Crippen molar-refractivity contribution in [3.63, 3.8) is 0 Å². The lowest BCUT2D eigenvalue weighted by Gasteiger charge is -2.35. The Bertz CT molecular complexity index is 1250. The molecule has 7 nitrogen and oxygen atoms in total. The summed E-state index contributed by atoms with van der Waals surface area (Å²) < 4.78 is 0. The highest BCUT2D eigenvalue weighted by Gasteiger charge is 2.20. The third kappa shape index (κ3) is 4.49. The van der Waals surface area contributed by atoms with E-state index in [4.69, 9.17) is 10.1 Å². The Morgan fingerprint density at radius 1 is 0.909 bits per heavy atom. The van der Waals surface area contributed by atoms with E-state index < -0.39 is 6.61 Å². The molecule has 1 amide bonds. The zero-order valence-corrected chi connectivity index (χ0v) is 18.2. The Labute approximate surface area is 192 Å². The lowest BCUT2D eigenvalue weighted by atomic mass is 10.0. The van der Waals surface area contributed by atoms with Gasteiger partial charge in [-0.2, -0.15) is 0 Å². The Morgan fingerprint density at radius 2 is 1.67 bits per heavy atom. The van der Waals surface area contributed by atoms with Crippen LogP contribution in [0.15, 0.2) is 79.0 Å². The first-order valence-electron chi connectivity index (χ1n) is 11.0. The molecule has 0 saturated carbocycles. The average molecular weight is 440 g/mol. The predicted molar refractivity (Wildman–Crippen MR) is 131 cm³/mol. The van der Waals surface area contributed by atoms with E-state index >= 15 is 0 Å². The number of rotatable bonds is 5. The normalized spacial score (nSPS) is 13.8. The number of amides is 1. The summed E-state index contributed by atoms with van der Waals surface area (Å²) in [5.41, 5.74) is 5.12. The Balaban J connectivity index is 1.32. The molecule has 7 heteroatoms. The maximum atomic E-state index is 11.6. The fourth-order valence-corrected chi connectivity index (χ4v) is 4.17. The fourth-order valence-electron chi connectivity index (χ4n) is 4.17. The second-order valence-electron chi connectivity index (χ2n) is 8.00. The van der Waals surface area contributed by atoms with Gasteiger partial charge < -0.3 is 20.2 Å². The summed E-state index contributed by atoms with van der Waals surface area (Å²) >= 11 is 0. The molecule has 0 radical (unpaired) electrons. The number of aliphatic hydroxyl groups is 1. The number of benzene rings is 3. The van der Waals surface area contributed by atoms with Crippen LogP contribution in [0.3, 0.4) is 0 Å². The third-order valence-corrected chi connectivity index (χ3v) is 5.95. The van der Waals surface area contributed by atoms with Crippen molar-refractivity contribution in [1.29, 1.82) is 0 Å². The average Bonchev–Trinajstić information content (AvgIpc) is 2.89. The van der Waals surface area contributed by atoms with Crippen LogP contribution < -0.4 is 10.2 Å². The molecule has 1 aliphatic rings. The largest absolute Gasteiger partial charge is 0.387 e. The van der Waals surface area contributed by atoms with Gasteiger partial charge in [0.15, 0.2) is 0 Å². The van der Waals surface area contributed by atoms with Gasteiger partial charge in [0.1, 0.15) is 6.61 Å². The van der Waals surface area contributed by atoms with E-state index in [1.165, 1.54) is 0 Å². The molecule has 1 saturated heterocycles. The van der Waals surface area contributed by atoms with Crippen molar-refractivity contribution in [3.8, 4) is 11.1 Å². The fraction of sp³-hybridized carbons (Fsp3) is 0.192. The molecule has 2 N–H and O–H groups in total. The van der Waals surface area contributed by atoms with Crippen LogP contribution in [0.2, 0.25) is 0 Å². The molecule has 3 aromatic carbocycles. The molecule has 0 aliphatic carbocycles. The highest BCUT2D eigenvalue weighted by molar-refractivity contribution is 5.93. The number of nitrogens with one attached hydrogen (secondary N) is 1. The van der Waals surface area contributed by atoms with Gasteiger partial charge in [0.05, 0.1) is 5.52 Å². The van der Waals surface area contributed by atoms with E-state index in [1.54, 1.807) is 4.90 Å². The summed E-state index contributed by atoms with van der Waals surface area (Å²) in [6, 6.07) is 24.5. The van der Waals surface area contributed by atoms with Crippen LogP contribution in [-0.4, -0.2) is 58.7 Å². The summed E-state index contributed by atoms with van der Waals surface area (Å²) in [4.78, 5) is 24.9. The first kappa shape index (κ1) is 20.9. The van der Waals surface area contributed by atoms with E-state index in [-0.39, 0.29) is 5.91 Å². The first-order valence-corrected chi connectivity index (χ1v) is 11.0. The van der Waals surface area contributed by atoms with Crippen molar-refractivity contribution in [2.45, 2.75) is 0 Å². The van der Waals surface area contributed by atoms with Gasteiger partial charge in [0.25, 0.3) is 0 Å².